The van der Waals surface area contributed by atoms with Gasteiger partial charge in [0.1, 0.15) is 5.92 Å². The second-order valence-electron chi connectivity index (χ2n) is 8.51. The molecule has 176 valence electrons. The smallest absolute Gasteiger partial charge is 0.276 e. The van der Waals surface area contributed by atoms with Gasteiger partial charge in [-0.1, -0.05) is 68.8 Å². The molecule has 0 unspecified atom stereocenters. The maximum absolute atomic E-state index is 13.1. The second kappa shape index (κ2) is 13.0. The Morgan fingerprint density at radius 3 is 2.53 bits per heavy atom. The second-order valence-corrected chi connectivity index (χ2v) is 9.27. The highest BCUT2D eigenvalue weighted by atomic mass is 35.5. The van der Waals surface area contributed by atoms with Crippen LogP contribution in [0.15, 0.2) is 40.0 Å². The Hall–Kier alpha value is -1.90. The van der Waals surface area contributed by atoms with Gasteiger partial charge in [0, 0.05) is 12.6 Å². The number of carbonyl (C=O) groups is 2. The lowest BCUT2D eigenvalue weighted by Gasteiger charge is -2.31. The summed E-state index contributed by atoms with van der Waals surface area (Å²) in [5.41, 5.74) is 1.18. The summed E-state index contributed by atoms with van der Waals surface area (Å²) in [6, 6.07) is 10.2. The van der Waals surface area contributed by atoms with Crippen LogP contribution in [0.4, 0.5) is 0 Å². The fourth-order valence-corrected chi connectivity index (χ4v) is 4.36. The minimum absolute atomic E-state index is 0. The molecular formula is C23H33ClN4O3S. The standard InChI is InChI=1S/C23H32N4O3S.ClH/c1-15(2)13-18(22-26-27-23(30-22)31-3)21(29)25-20(28)17-11-7-8-12-19(17)24-14-16-9-5-4-6-10-16;/h4-6,9-10,15,17-19,24H,7-8,11-14H2,1-3H3,(H,25,28,29);1H/t17-,18-,19+;/m1./s1. The van der Waals surface area contributed by atoms with Crippen LogP contribution in [-0.2, 0) is 16.1 Å². The predicted octanol–water partition coefficient (Wildman–Crippen LogP) is 4.33. The van der Waals surface area contributed by atoms with E-state index in [1.807, 2.05) is 38.3 Å². The molecule has 3 rings (SSSR count). The number of amides is 2. The third-order valence-electron chi connectivity index (χ3n) is 5.68. The van der Waals surface area contributed by atoms with Gasteiger partial charge in [0.15, 0.2) is 0 Å². The van der Waals surface area contributed by atoms with Gasteiger partial charge in [-0.15, -0.1) is 22.6 Å². The highest BCUT2D eigenvalue weighted by Crippen LogP contribution is 2.28. The molecule has 1 saturated carbocycles. The van der Waals surface area contributed by atoms with E-state index < -0.39 is 5.92 Å². The van der Waals surface area contributed by atoms with Crippen molar-refractivity contribution in [2.45, 2.75) is 69.7 Å². The molecule has 3 atom stereocenters. The maximum Gasteiger partial charge on any atom is 0.276 e. The number of rotatable bonds is 9. The fraction of sp³-hybridized carbons (Fsp3) is 0.565. The van der Waals surface area contributed by atoms with Crippen LogP contribution in [0.25, 0.3) is 0 Å². The average Bonchev–Trinajstić information content (AvgIpc) is 3.25. The summed E-state index contributed by atoms with van der Waals surface area (Å²) in [6.45, 7) is 4.76. The van der Waals surface area contributed by atoms with Gasteiger partial charge in [-0.3, -0.25) is 14.9 Å². The molecule has 2 amide bonds. The molecule has 0 radical (unpaired) electrons. The molecule has 1 heterocycles. The van der Waals surface area contributed by atoms with E-state index in [-0.39, 0.29) is 48.0 Å². The molecular weight excluding hydrogens is 448 g/mol. The Bertz CT molecular complexity index is 862. The number of hydrogen-bond donors (Lipinski definition) is 2. The Morgan fingerprint density at radius 1 is 1.16 bits per heavy atom. The van der Waals surface area contributed by atoms with Crippen molar-refractivity contribution in [3.63, 3.8) is 0 Å². The minimum atomic E-state index is -0.628. The summed E-state index contributed by atoms with van der Waals surface area (Å²) in [4.78, 5) is 26.1. The van der Waals surface area contributed by atoms with Gasteiger partial charge < -0.3 is 9.73 Å². The number of nitrogens with zero attached hydrogens (tertiary/aromatic N) is 2. The molecule has 1 fully saturated rings. The van der Waals surface area contributed by atoms with Crippen molar-refractivity contribution in [1.82, 2.24) is 20.8 Å². The molecule has 2 N–H and O–H groups in total. The highest BCUT2D eigenvalue weighted by Gasteiger charge is 2.34. The zero-order valence-corrected chi connectivity index (χ0v) is 20.5. The average molecular weight is 481 g/mol. The fourth-order valence-electron chi connectivity index (χ4n) is 4.07. The Kier molecular flexibility index (Phi) is 10.7. The van der Waals surface area contributed by atoms with E-state index in [1.165, 1.54) is 17.3 Å². The number of hydrogen-bond acceptors (Lipinski definition) is 7. The summed E-state index contributed by atoms with van der Waals surface area (Å²) in [5.74, 6) is -0.922. The molecule has 1 aliphatic rings. The van der Waals surface area contributed by atoms with Crippen LogP contribution in [-0.4, -0.2) is 34.3 Å². The van der Waals surface area contributed by atoms with E-state index in [0.717, 1.165) is 25.7 Å². The van der Waals surface area contributed by atoms with Gasteiger partial charge in [0.25, 0.3) is 5.22 Å². The molecule has 0 spiro atoms. The van der Waals surface area contributed by atoms with Crippen LogP contribution in [0, 0.1) is 11.8 Å². The SMILES string of the molecule is CSc1nnc([C@H](CC(C)C)C(=O)NC(=O)[C@@H]2CCCC[C@@H]2NCc2ccccc2)o1.Cl. The van der Waals surface area contributed by atoms with Crippen molar-refractivity contribution in [2.75, 3.05) is 6.26 Å². The lowest BCUT2D eigenvalue weighted by molar-refractivity contribution is -0.135. The minimum Gasteiger partial charge on any atom is -0.415 e. The van der Waals surface area contributed by atoms with E-state index in [0.29, 0.717) is 18.2 Å². The van der Waals surface area contributed by atoms with Gasteiger partial charge in [-0.2, -0.15) is 0 Å². The topological polar surface area (TPSA) is 97.1 Å². The number of nitrogens with one attached hydrogen (secondary N) is 2. The largest absolute Gasteiger partial charge is 0.415 e. The highest BCUT2D eigenvalue weighted by molar-refractivity contribution is 7.98. The third-order valence-corrected chi connectivity index (χ3v) is 6.19. The normalized spacial score (nSPS) is 19.2. The first-order valence-electron chi connectivity index (χ1n) is 11.0. The van der Waals surface area contributed by atoms with E-state index in [1.54, 1.807) is 0 Å². The van der Waals surface area contributed by atoms with E-state index >= 15 is 0 Å². The molecule has 2 aromatic rings. The molecule has 0 bridgehead atoms. The molecule has 1 aromatic carbocycles. The van der Waals surface area contributed by atoms with Crippen LogP contribution in [0.1, 0.15) is 63.3 Å². The van der Waals surface area contributed by atoms with Crippen molar-refractivity contribution >= 4 is 36.0 Å². The van der Waals surface area contributed by atoms with Crippen molar-refractivity contribution in [2.24, 2.45) is 11.8 Å². The van der Waals surface area contributed by atoms with Gasteiger partial charge in [0.2, 0.25) is 17.7 Å². The zero-order valence-electron chi connectivity index (χ0n) is 18.9. The molecule has 32 heavy (non-hydrogen) atoms. The third kappa shape index (κ3) is 7.32. The summed E-state index contributed by atoms with van der Waals surface area (Å²) >= 11 is 1.33. The Balaban J connectivity index is 0.00000363. The lowest BCUT2D eigenvalue weighted by atomic mass is 9.83. The molecule has 1 aliphatic carbocycles. The quantitative estimate of drug-likeness (QED) is 0.515. The number of thioether (sulfide) groups is 1. The van der Waals surface area contributed by atoms with Crippen LogP contribution >= 0.6 is 24.2 Å². The number of imide groups is 1. The summed E-state index contributed by atoms with van der Waals surface area (Å²) in [6.07, 6.45) is 6.15. The monoisotopic (exact) mass is 480 g/mol. The van der Waals surface area contributed by atoms with Gasteiger partial charge in [0.05, 0.1) is 5.92 Å². The van der Waals surface area contributed by atoms with E-state index in [2.05, 4.69) is 33.0 Å². The Labute approximate surface area is 200 Å². The van der Waals surface area contributed by atoms with Crippen molar-refractivity contribution in [3.8, 4) is 0 Å². The summed E-state index contributed by atoms with van der Waals surface area (Å²) in [7, 11) is 0. The van der Waals surface area contributed by atoms with Gasteiger partial charge in [-0.05, 0) is 37.0 Å². The molecule has 0 aliphatic heterocycles. The first-order chi connectivity index (χ1) is 15.0. The zero-order chi connectivity index (χ0) is 22.2. The van der Waals surface area contributed by atoms with Gasteiger partial charge >= 0.3 is 0 Å². The van der Waals surface area contributed by atoms with Crippen LogP contribution in [0.5, 0.6) is 0 Å². The van der Waals surface area contributed by atoms with E-state index in [9.17, 15) is 9.59 Å². The Morgan fingerprint density at radius 2 is 1.88 bits per heavy atom. The molecule has 9 heteroatoms. The summed E-state index contributed by atoms with van der Waals surface area (Å²) < 4.78 is 5.61. The number of aromatic nitrogens is 2. The number of halogens is 1. The van der Waals surface area contributed by atoms with Crippen molar-refractivity contribution < 1.29 is 14.0 Å². The van der Waals surface area contributed by atoms with E-state index in [4.69, 9.17) is 4.42 Å². The first kappa shape index (κ1) is 26.4. The van der Waals surface area contributed by atoms with Crippen molar-refractivity contribution in [3.05, 3.63) is 41.8 Å². The number of benzene rings is 1. The predicted molar refractivity (Wildman–Crippen MR) is 128 cm³/mol. The first-order valence-corrected chi connectivity index (χ1v) is 12.2. The van der Waals surface area contributed by atoms with Crippen molar-refractivity contribution in [1.29, 1.82) is 0 Å². The van der Waals surface area contributed by atoms with Crippen LogP contribution in [0.3, 0.4) is 0 Å². The number of carbonyl (C=O) groups excluding carboxylic acids is 2. The van der Waals surface area contributed by atoms with Crippen LogP contribution in [0.2, 0.25) is 0 Å². The van der Waals surface area contributed by atoms with Crippen LogP contribution < -0.4 is 10.6 Å². The molecule has 0 saturated heterocycles. The molecule has 7 nitrogen and oxygen atoms in total. The summed E-state index contributed by atoms with van der Waals surface area (Å²) in [5, 5.41) is 14.6. The molecule has 1 aromatic heterocycles. The van der Waals surface area contributed by atoms with Gasteiger partial charge in [-0.25, -0.2) is 0 Å². The maximum atomic E-state index is 13.1. The lowest BCUT2D eigenvalue weighted by Crippen LogP contribution is -2.48.